The molecule has 0 saturated carbocycles. The minimum Gasteiger partial charge on any atom is -0.318 e. The van der Waals surface area contributed by atoms with Crippen molar-refractivity contribution in [1.82, 2.24) is 19.1 Å². The summed E-state index contributed by atoms with van der Waals surface area (Å²) in [6.45, 7) is 0. The summed E-state index contributed by atoms with van der Waals surface area (Å²) in [5.74, 6) is 1.79. The molecular formula is C46H31N5. The quantitative estimate of drug-likeness (QED) is 0.190. The normalized spacial score (nSPS) is 16.4. The van der Waals surface area contributed by atoms with Gasteiger partial charge in [-0.25, -0.2) is 4.98 Å². The fraction of sp³-hybridized carbons (Fsp3) is 0.0435. The van der Waals surface area contributed by atoms with E-state index in [4.69, 9.17) is 9.97 Å². The first-order chi connectivity index (χ1) is 25.3. The first-order valence-corrected chi connectivity index (χ1v) is 17.5. The third-order valence-corrected chi connectivity index (χ3v) is 10.7. The molecule has 1 aliphatic carbocycles. The lowest BCUT2D eigenvalue weighted by molar-refractivity contribution is 0.736. The molecule has 51 heavy (non-hydrogen) atoms. The van der Waals surface area contributed by atoms with Gasteiger partial charge in [-0.1, -0.05) is 127 Å². The van der Waals surface area contributed by atoms with E-state index in [1.165, 1.54) is 43.8 Å². The Balaban J connectivity index is 1.13. The highest BCUT2D eigenvalue weighted by molar-refractivity contribution is 6.10. The van der Waals surface area contributed by atoms with Crippen LogP contribution in [0.5, 0.6) is 0 Å². The minimum absolute atomic E-state index is 0.124. The van der Waals surface area contributed by atoms with Crippen LogP contribution in [-0.2, 0) is 0 Å². The Labute approximate surface area is 294 Å². The maximum atomic E-state index is 5.42. The lowest BCUT2D eigenvalue weighted by atomic mass is 9.91. The number of hydrogen-bond donors (Lipinski definition) is 0. The van der Waals surface area contributed by atoms with Crippen LogP contribution in [0.3, 0.4) is 0 Å². The van der Waals surface area contributed by atoms with E-state index < -0.39 is 0 Å². The number of fused-ring (bicyclic) bond motifs is 9. The van der Waals surface area contributed by atoms with E-state index in [1.807, 2.05) is 0 Å². The van der Waals surface area contributed by atoms with E-state index in [1.54, 1.807) is 0 Å². The van der Waals surface area contributed by atoms with E-state index >= 15 is 0 Å². The van der Waals surface area contributed by atoms with Gasteiger partial charge < -0.3 is 9.47 Å². The smallest absolute Gasteiger partial charge is 0.237 e. The molecule has 9 aromatic rings. The zero-order valence-electron chi connectivity index (χ0n) is 27.6. The molecule has 2 atom stereocenters. The summed E-state index contributed by atoms with van der Waals surface area (Å²) in [7, 11) is 0. The van der Waals surface area contributed by atoms with Gasteiger partial charge >= 0.3 is 0 Å². The highest BCUT2D eigenvalue weighted by Crippen LogP contribution is 2.47. The van der Waals surface area contributed by atoms with Gasteiger partial charge in [-0.15, -0.1) is 0 Å². The van der Waals surface area contributed by atoms with Gasteiger partial charge in [0, 0.05) is 50.5 Å². The Bertz CT molecular complexity index is 2780. The topological polar surface area (TPSA) is 38.9 Å². The van der Waals surface area contributed by atoms with Gasteiger partial charge in [0.1, 0.15) is 5.82 Å². The van der Waals surface area contributed by atoms with Crippen LogP contribution in [0.4, 0.5) is 11.5 Å². The number of hydrogen-bond acceptors (Lipinski definition) is 3. The molecule has 1 aliphatic heterocycles. The molecule has 4 heterocycles. The van der Waals surface area contributed by atoms with Crippen molar-refractivity contribution in [2.24, 2.45) is 0 Å². The van der Waals surface area contributed by atoms with Crippen molar-refractivity contribution in [2.75, 3.05) is 4.90 Å². The standard InChI is InChI=1S/C46H31N5/c1-7-19-39-32(13-1)33-14-2-8-20-40(33)49(39)31-27-25-30(26-28-31)38-29-45(50-41-21-9-3-15-34(41)35-16-4-10-22-42(35)50)48-46(47-38)51-43-23-11-5-17-36(43)37-18-6-12-24-44(37)51/h1-29,34,41H. The highest BCUT2D eigenvalue weighted by atomic mass is 15.3. The second-order valence-corrected chi connectivity index (χ2v) is 13.4. The Morgan fingerprint density at radius 2 is 1.00 bits per heavy atom. The lowest BCUT2D eigenvalue weighted by Gasteiger charge is -2.28. The van der Waals surface area contributed by atoms with E-state index in [-0.39, 0.29) is 12.0 Å². The van der Waals surface area contributed by atoms with E-state index in [0.29, 0.717) is 5.95 Å². The SMILES string of the molecule is C1=CC2c3ccccc3N(c3cc(-c4ccc(-n5c6ccccc6c6ccccc65)cc4)nc(-n4c5ccccc5c5ccccc54)n3)C2C=C1. The van der Waals surface area contributed by atoms with Gasteiger partial charge in [-0.3, -0.25) is 4.57 Å². The number of nitrogens with zero attached hydrogens (tertiary/aromatic N) is 5. The van der Waals surface area contributed by atoms with Crippen molar-refractivity contribution in [2.45, 2.75) is 12.0 Å². The van der Waals surface area contributed by atoms with Crippen LogP contribution in [-0.4, -0.2) is 25.1 Å². The predicted molar refractivity (Wildman–Crippen MR) is 210 cm³/mol. The molecule has 2 aliphatic rings. The number of para-hydroxylation sites is 5. The third-order valence-electron chi connectivity index (χ3n) is 10.7. The van der Waals surface area contributed by atoms with E-state index in [2.05, 4.69) is 190 Å². The molecule has 0 fully saturated rings. The molecule has 6 aromatic carbocycles. The van der Waals surface area contributed by atoms with Gasteiger partial charge in [0.05, 0.1) is 33.8 Å². The van der Waals surface area contributed by atoms with Crippen LogP contribution in [0, 0.1) is 0 Å². The van der Waals surface area contributed by atoms with Crippen molar-refractivity contribution >= 4 is 55.1 Å². The Morgan fingerprint density at radius 1 is 0.471 bits per heavy atom. The summed E-state index contributed by atoms with van der Waals surface area (Å²) >= 11 is 0. The van der Waals surface area contributed by atoms with Crippen molar-refractivity contribution in [1.29, 1.82) is 0 Å². The summed E-state index contributed by atoms with van der Waals surface area (Å²) < 4.78 is 4.58. The molecule has 0 N–H and O–H groups in total. The predicted octanol–water partition coefficient (Wildman–Crippen LogP) is 11.1. The van der Waals surface area contributed by atoms with Crippen LogP contribution in [0.1, 0.15) is 11.5 Å². The first-order valence-electron chi connectivity index (χ1n) is 17.5. The zero-order chi connectivity index (χ0) is 33.5. The van der Waals surface area contributed by atoms with Crippen LogP contribution in [0.2, 0.25) is 0 Å². The van der Waals surface area contributed by atoms with Gasteiger partial charge in [-0.2, -0.15) is 4.98 Å². The minimum atomic E-state index is 0.124. The van der Waals surface area contributed by atoms with Crippen molar-refractivity contribution in [3.8, 4) is 22.9 Å². The molecule has 240 valence electrons. The fourth-order valence-corrected chi connectivity index (χ4v) is 8.47. The number of anilines is 2. The van der Waals surface area contributed by atoms with Gasteiger partial charge in [0.15, 0.2) is 0 Å². The average molecular weight is 654 g/mol. The summed E-state index contributed by atoms with van der Waals surface area (Å²) in [4.78, 5) is 13.2. The number of rotatable bonds is 4. The van der Waals surface area contributed by atoms with Crippen LogP contribution in [0.25, 0.3) is 66.5 Å². The van der Waals surface area contributed by atoms with Crippen LogP contribution in [0.15, 0.2) is 176 Å². The average Bonchev–Trinajstić information content (AvgIpc) is 3.84. The number of benzene rings is 6. The maximum Gasteiger partial charge on any atom is 0.237 e. The molecule has 0 spiro atoms. The monoisotopic (exact) mass is 653 g/mol. The molecule has 11 rings (SSSR count). The van der Waals surface area contributed by atoms with Crippen LogP contribution < -0.4 is 4.90 Å². The first kappa shape index (κ1) is 28.2. The maximum absolute atomic E-state index is 5.42. The second kappa shape index (κ2) is 10.9. The Morgan fingerprint density at radius 3 is 1.63 bits per heavy atom. The second-order valence-electron chi connectivity index (χ2n) is 13.4. The van der Waals surface area contributed by atoms with Crippen molar-refractivity contribution < 1.29 is 0 Å². The summed E-state index contributed by atoms with van der Waals surface area (Å²) in [5.41, 5.74) is 10.1. The zero-order valence-corrected chi connectivity index (χ0v) is 27.6. The fourth-order valence-electron chi connectivity index (χ4n) is 8.47. The summed E-state index contributed by atoms with van der Waals surface area (Å²) in [6, 6.07) is 54.2. The van der Waals surface area contributed by atoms with Gasteiger partial charge in [0.2, 0.25) is 5.95 Å². The largest absolute Gasteiger partial charge is 0.318 e. The molecular weight excluding hydrogens is 623 g/mol. The molecule has 2 unspecified atom stereocenters. The van der Waals surface area contributed by atoms with Crippen molar-refractivity contribution in [3.05, 3.63) is 182 Å². The molecule has 5 heteroatoms. The molecule has 5 nitrogen and oxygen atoms in total. The number of allylic oxidation sites excluding steroid dienone is 2. The summed E-state index contributed by atoms with van der Waals surface area (Å²) in [5, 5.41) is 4.88. The number of aromatic nitrogens is 4. The lowest BCUT2D eigenvalue weighted by Crippen LogP contribution is -2.29. The van der Waals surface area contributed by atoms with Gasteiger partial charge in [-0.05, 0) is 48.0 Å². The molecule has 0 bridgehead atoms. The highest BCUT2D eigenvalue weighted by Gasteiger charge is 2.38. The van der Waals surface area contributed by atoms with Gasteiger partial charge in [0.25, 0.3) is 0 Å². The molecule has 3 aromatic heterocycles. The molecule has 0 saturated heterocycles. The van der Waals surface area contributed by atoms with Crippen LogP contribution >= 0.6 is 0 Å². The Hall–Kier alpha value is -6.72. The summed E-state index contributed by atoms with van der Waals surface area (Å²) in [6.07, 6.45) is 8.93. The van der Waals surface area contributed by atoms with E-state index in [0.717, 1.165) is 33.8 Å². The van der Waals surface area contributed by atoms with Crippen molar-refractivity contribution in [3.63, 3.8) is 0 Å². The third kappa shape index (κ3) is 4.15. The molecule has 0 amide bonds. The van der Waals surface area contributed by atoms with E-state index in [9.17, 15) is 0 Å². The molecule has 0 radical (unpaired) electrons. The Kier molecular flexibility index (Phi) is 6.01.